The van der Waals surface area contributed by atoms with Gasteiger partial charge in [0.1, 0.15) is 5.82 Å². The molecule has 1 unspecified atom stereocenters. The SMILES string of the molecule is CN1CC(Nc2nc(N)ncc2Br)CCC1=O. The molecule has 1 aromatic rings. The van der Waals surface area contributed by atoms with Crippen molar-refractivity contribution < 1.29 is 4.79 Å². The molecule has 1 fully saturated rings. The largest absolute Gasteiger partial charge is 0.368 e. The number of likely N-dealkylation sites (tertiary alicyclic amines) is 1. The van der Waals surface area contributed by atoms with Gasteiger partial charge < -0.3 is 16.0 Å². The Morgan fingerprint density at radius 1 is 1.65 bits per heavy atom. The van der Waals surface area contributed by atoms with Crippen LogP contribution in [0.5, 0.6) is 0 Å². The van der Waals surface area contributed by atoms with Gasteiger partial charge in [0.2, 0.25) is 11.9 Å². The van der Waals surface area contributed by atoms with Gasteiger partial charge in [0.25, 0.3) is 0 Å². The van der Waals surface area contributed by atoms with Crippen LogP contribution in [0.1, 0.15) is 12.8 Å². The Hall–Kier alpha value is -1.37. The number of halogens is 1. The summed E-state index contributed by atoms with van der Waals surface area (Å²) < 4.78 is 0.770. The fraction of sp³-hybridized carbons (Fsp3) is 0.500. The third-order valence-corrected chi connectivity index (χ3v) is 3.31. The van der Waals surface area contributed by atoms with Crippen LogP contribution in [0.15, 0.2) is 10.7 Å². The van der Waals surface area contributed by atoms with Gasteiger partial charge in [0, 0.05) is 32.3 Å². The Morgan fingerprint density at radius 2 is 2.41 bits per heavy atom. The van der Waals surface area contributed by atoms with Crippen LogP contribution in [0.25, 0.3) is 0 Å². The lowest BCUT2D eigenvalue weighted by Gasteiger charge is -2.30. The molecule has 3 N–H and O–H groups in total. The molecular weight excluding hydrogens is 286 g/mol. The molecule has 0 bridgehead atoms. The van der Waals surface area contributed by atoms with Crippen molar-refractivity contribution in [3.63, 3.8) is 0 Å². The highest BCUT2D eigenvalue weighted by Gasteiger charge is 2.23. The first-order valence-electron chi connectivity index (χ1n) is 5.35. The number of hydrogen-bond donors (Lipinski definition) is 2. The molecule has 0 aromatic carbocycles. The molecule has 0 saturated carbocycles. The molecule has 92 valence electrons. The van der Waals surface area contributed by atoms with E-state index in [4.69, 9.17) is 5.73 Å². The lowest BCUT2D eigenvalue weighted by atomic mass is 10.1. The van der Waals surface area contributed by atoms with Gasteiger partial charge in [-0.05, 0) is 22.4 Å². The minimum absolute atomic E-state index is 0.185. The number of carbonyl (C=O) groups is 1. The average Bonchev–Trinajstić information content (AvgIpc) is 2.29. The molecule has 1 atom stereocenters. The molecule has 1 aromatic heterocycles. The van der Waals surface area contributed by atoms with Crippen LogP contribution < -0.4 is 11.1 Å². The van der Waals surface area contributed by atoms with Gasteiger partial charge in [-0.25, -0.2) is 4.98 Å². The molecule has 2 rings (SSSR count). The number of nitrogens with one attached hydrogen (secondary N) is 1. The first-order chi connectivity index (χ1) is 8.06. The van der Waals surface area contributed by atoms with E-state index in [1.54, 1.807) is 18.1 Å². The van der Waals surface area contributed by atoms with Crippen molar-refractivity contribution in [1.82, 2.24) is 14.9 Å². The zero-order valence-electron chi connectivity index (χ0n) is 9.48. The molecule has 1 saturated heterocycles. The molecule has 1 amide bonds. The van der Waals surface area contributed by atoms with Crippen molar-refractivity contribution in [2.24, 2.45) is 0 Å². The summed E-state index contributed by atoms with van der Waals surface area (Å²) in [6.45, 7) is 0.676. The number of aromatic nitrogens is 2. The van der Waals surface area contributed by atoms with Gasteiger partial charge >= 0.3 is 0 Å². The average molecular weight is 300 g/mol. The fourth-order valence-electron chi connectivity index (χ4n) is 1.81. The maximum absolute atomic E-state index is 11.4. The van der Waals surface area contributed by atoms with E-state index in [0.29, 0.717) is 18.8 Å². The summed E-state index contributed by atoms with van der Waals surface area (Å²) in [5.74, 6) is 1.09. The highest BCUT2D eigenvalue weighted by Crippen LogP contribution is 2.22. The molecular formula is C10H14BrN5O. The zero-order chi connectivity index (χ0) is 12.4. The first kappa shape index (κ1) is 12.1. The number of amides is 1. The van der Waals surface area contributed by atoms with E-state index in [-0.39, 0.29) is 17.9 Å². The van der Waals surface area contributed by atoms with Gasteiger partial charge in [0.15, 0.2) is 0 Å². The van der Waals surface area contributed by atoms with E-state index < -0.39 is 0 Å². The standard InChI is InChI=1S/C10H14BrN5O/c1-16-5-6(2-3-8(16)17)14-9-7(11)4-13-10(12)15-9/h4,6H,2-3,5H2,1H3,(H3,12,13,14,15). The van der Waals surface area contributed by atoms with E-state index >= 15 is 0 Å². The molecule has 7 heteroatoms. The Bertz CT molecular complexity index is 439. The zero-order valence-corrected chi connectivity index (χ0v) is 11.1. The van der Waals surface area contributed by atoms with Crippen molar-refractivity contribution in [2.75, 3.05) is 24.6 Å². The summed E-state index contributed by atoms with van der Waals surface area (Å²) in [6, 6.07) is 0.198. The van der Waals surface area contributed by atoms with E-state index in [1.807, 2.05) is 0 Å². The van der Waals surface area contributed by atoms with Gasteiger partial charge in [-0.3, -0.25) is 4.79 Å². The monoisotopic (exact) mass is 299 g/mol. The third kappa shape index (κ3) is 2.85. The van der Waals surface area contributed by atoms with Crippen molar-refractivity contribution in [3.8, 4) is 0 Å². The van der Waals surface area contributed by atoms with Crippen LogP contribution in [0.4, 0.5) is 11.8 Å². The Kier molecular flexibility index (Phi) is 3.46. The molecule has 1 aliphatic rings. The number of nitrogens with zero attached hydrogens (tertiary/aromatic N) is 3. The van der Waals surface area contributed by atoms with Crippen LogP contribution in [-0.4, -0.2) is 40.4 Å². The number of piperidine rings is 1. The molecule has 0 aliphatic carbocycles. The van der Waals surface area contributed by atoms with E-state index in [1.165, 1.54) is 0 Å². The van der Waals surface area contributed by atoms with Crippen LogP contribution in [0.3, 0.4) is 0 Å². The molecule has 17 heavy (non-hydrogen) atoms. The van der Waals surface area contributed by atoms with Crippen LogP contribution in [0, 0.1) is 0 Å². The maximum atomic E-state index is 11.4. The number of hydrogen-bond acceptors (Lipinski definition) is 5. The van der Waals surface area contributed by atoms with Gasteiger partial charge in [0.05, 0.1) is 4.47 Å². The minimum atomic E-state index is 0.185. The summed E-state index contributed by atoms with van der Waals surface area (Å²) >= 11 is 3.36. The van der Waals surface area contributed by atoms with Gasteiger partial charge in [-0.2, -0.15) is 4.98 Å². The number of nitrogen functional groups attached to an aromatic ring is 1. The quantitative estimate of drug-likeness (QED) is 0.846. The predicted molar refractivity (Wildman–Crippen MR) is 68.4 cm³/mol. The Balaban J connectivity index is 2.06. The lowest BCUT2D eigenvalue weighted by Crippen LogP contribution is -2.43. The lowest BCUT2D eigenvalue weighted by molar-refractivity contribution is -0.132. The van der Waals surface area contributed by atoms with Crippen LogP contribution in [0.2, 0.25) is 0 Å². The predicted octanol–water partition coefficient (Wildman–Crippen LogP) is 0.854. The minimum Gasteiger partial charge on any atom is -0.368 e. The first-order valence-corrected chi connectivity index (χ1v) is 6.14. The van der Waals surface area contributed by atoms with Crippen molar-refractivity contribution in [2.45, 2.75) is 18.9 Å². The normalized spacial score (nSPS) is 20.5. The second kappa shape index (κ2) is 4.87. The summed E-state index contributed by atoms with van der Waals surface area (Å²) in [7, 11) is 1.81. The number of anilines is 2. The Morgan fingerprint density at radius 3 is 3.12 bits per heavy atom. The van der Waals surface area contributed by atoms with Crippen LogP contribution >= 0.6 is 15.9 Å². The smallest absolute Gasteiger partial charge is 0.222 e. The van der Waals surface area contributed by atoms with Gasteiger partial charge in [-0.15, -0.1) is 0 Å². The van der Waals surface area contributed by atoms with E-state index in [2.05, 4.69) is 31.2 Å². The van der Waals surface area contributed by atoms with E-state index in [9.17, 15) is 4.79 Å². The van der Waals surface area contributed by atoms with Crippen molar-refractivity contribution in [1.29, 1.82) is 0 Å². The van der Waals surface area contributed by atoms with Crippen LogP contribution in [-0.2, 0) is 4.79 Å². The maximum Gasteiger partial charge on any atom is 0.222 e. The number of nitrogens with two attached hydrogens (primary N) is 1. The molecule has 2 heterocycles. The second-order valence-corrected chi connectivity index (χ2v) is 4.93. The number of likely N-dealkylation sites (N-methyl/N-ethyl adjacent to an activating group) is 1. The highest BCUT2D eigenvalue weighted by atomic mass is 79.9. The summed E-state index contributed by atoms with van der Waals surface area (Å²) in [4.78, 5) is 21.1. The molecule has 0 spiro atoms. The number of rotatable bonds is 2. The second-order valence-electron chi connectivity index (χ2n) is 4.08. The molecule has 1 aliphatic heterocycles. The fourth-order valence-corrected chi connectivity index (χ4v) is 2.11. The Labute approximate surface area is 108 Å². The highest BCUT2D eigenvalue weighted by molar-refractivity contribution is 9.10. The van der Waals surface area contributed by atoms with E-state index in [0.717, 1.165) is 10.9 Å². The topological polar surface area (TPSA) is 84.1 Å². The molecule has 6 nitrogen and oxygen atoms in total. The third-order valence-electron chi connectivity index (χ3n) is 2.73. The number of carbonyl (C=O) groups excluding carboxylic acids is 1. The van der Waals surface area contributed by atoms with Crippen molar-refractivity contribution in [3.05, 3.63) is 10.7 Å². The molecule has 0 radical (unpaired) electrons. The summed E-state index contributed by atoms with van der Waals surface area (Å²) in [5, 5.41) is 3.27. The van der Waals surface area contributed by atoms with Crippen molar-refractivity contribution >= 4 is 33.6 Å². The summed E-state index contributed by atoms with van der Waals surface area (Å²) in [6.07, 6.45) is 2.98. The van der Waals surface area contributed by atoms with Gasteiger partial charge in [-0.1, -0.05) is 0 Å². The summed E-state index contributed by atoms with van der Waals surface area (Å²) in [5.41, 5.74) is 5.53.